The highest BCUT2D eigenvalue weighted by Gasteiger charge is 2.41. The van der Waals surface area contributed by atoms with Crippen molar-refractivity contribution in [2.75, 3.05) is 10.2 Å². The van der Waals surface area contributed by atoms with Crippen LogP contribution in [-0.4, -0.2) is 11.8 Å². The monoisotopic (exact) mass is 464 g/mol. The molecule has 1 N–H and O–H groups in total. The molecule has 0 saturated heterocycles. The molecule has 0 bridgehead atoms. The van der Waals surface area contributed by atoms with E-state index in [-0.39, 0.29) is 11.6 Å². The second kappa shape index (κ2) is 8.45. The Morgan fingerprint density at radius 1 is 0.719 bits per heavy atom. The number of hydrogen-bond donors (Lipinski definition) is 1. The minimum atomic E-state index is -0.426. The number of amides is 2. The molecule has 0 spiro atoms. The highest BCUT2D eigenvalue weighted by molar-refractivity contribution is 6.46. The molecule has 0 radical (unpaired) electrons. The van der Waals surface area contributed by atoms with Gasteiger partial charge in [-0.3, -0.25) is 9.59 Å². The minimum Gasteiger partial charge on any atom is -0.350 e. The molecule has 0 aromatic heterocycles. The third-order valence-electron chi connectivity index (χ3n) is 5.60. The predicted octanol–water partition coefficient (Wildman–Crippen LogP) is 6.62. The Hall–Kier alpha value is -3.08. The number of imide groups is 1. The molecule has 3 aromatic carbocycles. The number of benzene rings is 3. The number of carbonyl (C=O) groups is 2. The van der Waals surface area contributed by atoms with E-state index in [2.05, 4.69) is 5.32 Å². The van der Waals surface area contributed by atoms with Crippen molar-refractivity contribution in [3.8, 4) is 0 Å². The van der Waals surface area contributed by atoms with E-state index in [9.17, 15) is 9.59 Å². The molecule has 3 aromatic rings. The minimum absolute atomic E-state index is 0.228. The first-order chi connectivity index (χ1) is 15.2. The van der Waals surface area contributed by atoms with E-state index < -0.39 is 5.91 Å². The predicted molar refractivity (Wildman–Crippen MR) is 131 cm³/mol. The Labute approximate surface area is 197 Å². The van der Waals surface area contributed by atoms with Gasteiger partial charge in [-0.25, -0.2) is 4.90 Å². The molecule has 4 nitrogen and oxygen atoms in total. The molecule has 0 aliphatic carbocycles. The van der Waals surface area contributed by atoms with E-state index in [1.54, 1.807) is 36.4 Å². The van der Waals surface area contributed by atoms with Gasteiger partial charge in [0, 0.05) is 15.7 Å². The van der Waals surface area contributed by atoms with Crippen LogP contribution in [0.25, 0.3) is 5.57 Å². The van der Waals surface area contributed by atoms with E-state index >= 15 is 0 Å². The number of halogens is 2. The summed E-state index contributed by atoms with van der Waals surface area (Å²) >= 11 is 12.3. The Morgan fingerprint density at radius 3 is 2.09 bits per heavy atom. The number of nitrogens with zero attached hydrogens (tertiary/aromatic N) is 1. The van der Waals surface area contributed by atoms with Crippen LogP contribution in [0, 0.1) is 27.7 Å². The van der Waals surface area contributed by atoms with Crippen molar-refractivity contribution in [2.45, 2.75) is 27.7 Å². The highest BCUT2D eigenvalue weighted by atomic mass is 35.5. The molecule has 162 valence electrons. The fourth-order valence-corrected chi connectivity index (χ4v) is 4.33. The van der Waals surface area contributed by atoms with Crippen LogP contribution in [0.1, 0.15) is 27.8 Å². The molecule has 1 aliphatic heterocycles. The second-order valence-corrected chi connectivity index (χ2v) is 8.90. The largest absolute Gasteiger partial charge is 0.350 e. The number of aryl methyl sites for hydroxylation is 4. The fourth-order valence-electron chi connectivity index (χ4n) is 3.93. The van der Waals surface area contributed by atoms with Crippen LogP contribution in [0.3, 0.4) is 0 Å². The first-order valence-electron chi connectivity index (χ1n) is 10.2. The number of carbonyl (C=O) groups excluding carboxylic acids is 2. The maximum Gasteiger partial charge on any atom is 0.282 e. The summed E-state index contributed by atoms with van der Waals surface area (Å²) in [5, 5.41) is 4.27. The van der Waals surface area contributed by atoms with Gasteiger partial charge < -0.3 is 5.32 Å². The molecule has 1 aliphatic rings. The van der Waals surface area contributed by atoms with Crippen LogP contribution in [-0.2, 0) is 9.59 Å². The van der Waals surface area contributed by atoms with E-state index in [0.29, 0.717) is 32.6 Å². The van der Waals surface area contributed by atoms with Gasteiger partial charge in [-0.05, 0) is 80.3 Å². The van der Waals surface area contributed by atoms with Gasteiger partial charge in [-0.1, -0.05) is 53.0 Å². The lowest BCUT2D eigenvalue weighted by atomic mass is 9.97. The van der Waals surface area contributed by atoms with Crippen LogP contribution in [0.15, 0.2) is 60.3 Å². The van der Waals surface area contributed by atoms with Crippen LogP contribution >= 0.6 is 23.2 Å². The van der Waals surface area contributed by atoms with Crippen molar-refractivity contribution in [3.63, 3.8) is 0 Å². The normalized spacial score (nSPS) is 13.9. The van der Waals surface area contributed by atoms with Crippen LogP contribution in [0.5, 0.6) is 0 Å². The van der Waals surface area contributed by atoms with Crippen LogP contribution in [0.4, 0.5) is 11.4 Å². The van der Waals surface area contributed by atoms with Crippen molar-refractivity contribution in [1.82, 2.24) is 0 Å². The first-order valence-corrected chi connectivity index (χ1v) is 10.9. The van der Waals surface area contributed by atoms with Gasteiger partial charge in [0.15, 0.2) is 0 Å². The van der Waals surface area contributed by atoms with Gasteiger partial charge in [0.05, 0.1) is 11.3 Å². The summed E-state index contributed by atoms with van der Waals surface area (Å²) in [6.07, 6.45) is 0. The van der Waals surface area contributed by atoms with Gasteiger partial charge in [-0.15, -0.1) is 0 Å². The zero-order chi connectivity index (χ0) is 23.2. The van der Waals surface area contributed by atoms with Crippen molar-refractivity contribution < 1.29 is 9.59 Å². The SMILES string of the molecule is Cc1ccc(C2=C(Nc3ccc(Cl)cc3C)C(=O)N(c3cc(Cl)ccc3C)C2=O)c(C)c1. The molecule has 32 heavy (non-hydrogen) atoms. The van der Waals surface area contributed by atoms with Gasteiger partial charge in [-0.2, -0.15) is 0 Å². The molecule has 6 heteroatoms. The van der Waals surface area contributed by atoms with E-state index in [1.165, 1.54) is 4.90 Å². The highest BCUT2D eigenvalue weighted by Crippen LogP contribution is 2.37. The Balaban J connectivity index is 1.90. The lowest BCUT2D eigenvalue weighted by molar-refractivity contribution is -0.120. The summed E-state index contributed by atoms with van der Waals surface area (Å²) < 4.78 is 0. The van der Waals surface area contributed by atoms with E-state index in [1.807, 2.05) is 45.9 Å². The summed E-state index contributed by atoms with van der Waals surface area (Å²) in [6, 6.07) is 16.3. The van der Waals surface area contributed by atoms with Crippen LogP contribution in [0.2, 0.25) is 10.0 Å². The molecular weight excluding hydrogens is 443 g/mol. The summed E-state index contributed by atoms with van der Waals surface area (Å²) in [5.41, 5.74) is 6.09. The zero-order valence-electron chi connectivity index (χ0n) is 18.2. The smallest absolute Gasteiger partial charge is 0.282 e. The average molecular weight is 465 g/mol. The Morgan fingerprint density at radius 2 is 1.41 bits per heavy atom. The zero-order valence-corrected chi connectivity index (χ0v) is 19.7. The lowest BCUT2D eigenvalue weighted by Crippen LogP contribution is -2.33. The molecule has 0 saturated carbocycles. The summed E-state index contributed by atoms with van der Waals surface area (Å²) in [5.74, 6) is -0.814. The Bertz CT molecular complexity index is 1310. The first kappa shape index (κ1) is 22.1. The number of anilines is 2. The lowest BCUT2D eigenvalue weighted by Gasteiger charge is -2.18. The third-order valence-corrected chi connectivity index (χ3v) is 6.07. The van der Waals surface area contributed by atoms with Crippen molar-refractivity contribution in [2.24, 2.45) is 0 Å². The quantitative estimate of drug-likeness (QED) is 0.441. The maximum absolute atomic E-state index is 13.7. The molecule has 4 rings (SSSR count). The number of rotatable bonds is 4. The van der Waals surface area contributed by atoms with Crippen LogP contribution < -0.4 is 10.2 Å². The van der Waals surface area contributed by atoms with Gasteiger partial charge >= 0.3 is 0 Å². The number of hydrogen-bond acceptors (Lipinski definition) is 3. The summed E-state index contributed by atoms with van der Waals surface area (Å²) in [6.45, 7) is 7.67. The second-order valence-electron chi connectivity index (χ2n) is 8.03. The summed E-state index contributed by atoms with van der Waals surface area (Å²) in [4.78, 5) is 28.5. The molecular formula is C26H22Cl2N2O2. The fraction of sp³-hybridized carbons (Fsp3) is 0.154. The molecule has 0 unspecified atom stereocenters. The summed E-state index contributed by atoms with van der Waals surface area (Å²) in [7, 11) is 0. The van der Waals surface area contributed by atoms with Gasteiger partial charge in [0.2, 0.25) is 0 Å². The van der Waals surface area contributed by atoms with Crippen molar-refractivity contribution in [1.29, 1.82) is 0 Å². The molecule has 2 amide bonds. The molecule has 0 atom stereocenters. The third kappa shape index (κ3) is 3.92. The van der Waals surface area contributed by atoms with Crippen molar-refractivity contribution >= 4 is 52.0 Å². The van der Waals surface area contributed by atoms with Gasteiger partial charge in [0.25, 0.3) is 11.8 Å². The standard InChI is InChI=1S/C26H22Cl2N2O2/c1-14-5-9-20(16(3)11-14)23-24(29-21-10-8-18(27)12-17(21)4)26(32)30(25(23)31)22-13-19(28)7-6-15(22)2/h5-13,29H,1-4H3. The van der Waals surface area contributed by atoms with E-state index in [0.717, 1.165) is 22.3 Å². The maximum atomic E-state index is 13.7. The molecule has 0 fully saturated rings. The van der Waals surface area contributed by atoms with E-state index in [4.69, 9.17) is 23.2 Å². The van der Waals surface area contributed by atoms with Gasteiger partial charge in [0.1, 0.15) is 5.70 Å². The molecule has 1 heterocycles. The van der Waals surface area contributed by atoms with Crippen molar-refractivity contribution in [3.05, 3.63) is 98.2 Å². The topological polar surface area (TPSA) is 49.4 Å². The Kier molecular flexibility index (Phi) is 5.85. The number of nitrogens with one attached hydrogen (secondary N) is 1. The average Bonchev–Trinajstić information content (AvgIpc) is 2.96.